The number of aliphatic carboxylic acids is 1. The van der Waals surface area contributed by atoms with Gasteiger partial charge in [0.1, 0.15) is 0 Å². The first kappa shape index (κ1) is 12.2. The van der Waals surface area contributed by atoms with E-state index in [4.69, 9.17) is 5.11 Å². The van der Waals surface area contributed by atoms with Gasteiger partial charge in [-0.3, -0.25) is 4.79 Å². The lowest BCUT2D eigenvalue weighted by molar-refractivity contribution is -0.140. The molecule has 0 aliphatic carbocycles. The quantitative estimate of drug-likeness (QED) is 0.685. The van der Waals surface area contributed by atoms with Gasteiger partial charge in [0.25, 0.3) is 0 Å². The summed E-state index contributed by atoms with van der Waals surface area (Å²) < 4.78 is 0. The van der Waals surface area contributed by atoms with Gasteiger partial charge in [-0.1, -0.05) is 19.1 Å². The van der Waals surface area contributed by atoms with Crippen LogP contribution in [0.15, 0.2) is 12.2 Å². The average Bonchev–Trinajstić information content (AvgIpc) is 2.49. The molecule has 1 fully saturated rings. The van der Waals surface area contributed by atoms with Gasteiger partial charge in [0.2, 0.25) is 0 Å². The number of hydrogen-bond donors (Lipinski definition) is 2. The highest BCUT2D eigenvalue weighted by atomic mass is 16.5. The fourth-order valence-corrected chi connectivity index (χ4v) is 2.08. The summed E-state index contributed by atoms with van der Waals surface area (Å²) in [6.45, 7) is 2.64. The Morgan fingerprint density at radius 3 is 2.87 bits per heavy atom. The van der Waals surface area contributed by atoms with E-state index in [0.29, 0.717) is 6.54 Å². The second-order valence-corrected chi connectivity index (χ2v) is 3.99. The second-order valence-electron chi connectivity index (χ2n) is 3.99. The zero-order valence-corrected chi connectivity index (χ0v) is 9.09. The molecule has 4 heteroatoms. The number of allylic oxidation sites excluding steroid dienone is 1. The van der Waals surface area contributed by atoms with Crippen molar-refractivity contribution in [2.24, 2.45) is 5.92 Å². The van der Waals surface area contributed by atoms with Gasteiger partial charge in [-0.25, -0.2) is 0 Å². The highest BCUT2D eigenvalue weighted by Crippen LogP contribution is 2.28. The maximum atomic E-state index is 10.6. The maximum Gasteiger partial charge on any atom is 0.303 e. The van der Waals surface area contributed by atoms with Gasteiger partial charge >= 0.3 is 5.97 Å². The number of nitrogens with zero attached hydrogens (tertiary/aromatic N) is 1. The zero-order valence-electron chi connectivity index (χ0n) is 9.09. The minimum absolute atomic E-state index is 0.0242. The number of hydrogen-bond acceptors (Lipinski definition) is 3. The van der Waals surface area contributed by atoms with Crippen molar-refractivity contribution in [1.82, 2.24) is 5.06 Å². The predicted molar refractivity (Wildman–Crippen MR) is 56.7 cm³/mol. The normalized spacial score (nSPS) is 27.6. The summed E-state index contributed by atoms with van der Waals surface area (Å²) in [6, 6.07) is -0.0242. The van der Waals surface area contributed by atoms with E-state index >= 15 is 0 Å². The van der Waals surface area contributed by atoms with Gasteiger partial charge < -0.3 is 10.3 Å². The third-order valence-electron chi connectivity index (χ3n) is 2.87. The Labute approximate surface area is 90.2 Å². The Morgan fingerprint density at radius 1 is 1.53 bits per heavy atom. The van der Waals surface area contributed by atoms with Gasteiger partial charge in [-0.2, -0.15) is 5.06 Å². The van der Waals surface area contributed by atoms with Crippen LogP contribution in [0.2, 0.25) is 0 Å². The third kappa shape index (κ3) is 3.64. The van der Waals surface area contributed by atoms with E-state index in [1.54, 1.807) is 0 Å². The zero-order chi connectivity index (χ0) is 11.3. The SMILES string of the molecule is CC/C=C\C[C@@H]1[C@@H](CC(=O)O)CCN1O. The average molecular weight is 213 g/mol. The summed E-state index contributed by atoms with van der Waals surface area (Å²) >= 11 is 0. The molecule has 0 spiro atoms. The molecule has 0 aromatic rings. The number of carboxylic acids is 1. The van der Waals surface area contributed by atoms with E-state index < -0.39 is 5.97 Å². The molecule has 1 aliphatic heterocycles. The summed E-state index contributed by atoms with van der Waals surface area (Å²) in [4.78, 5) is 10.6. The van der Waals surface area contributed by atoms with Crippen molar-refractivity contribution >= 4 is 5.97 Å². The molecular formula is C11H19NO3. The Bertz CT molecular complexity index is 240. The first-order valence-electron chi connectivity index (χ1n) is 5.47. The Hall–Kier alpha value is -0.870. The highest BCUT2D eigenvalue weighted by molar-refractivity contribution is 5.67. The highest BCUT2D eigenvalue weighted by Gasteiger charge is 2.33. The number of hydroxylamine groups is 2. The molecule has 0 amide bonds. The minimum Gasteiger partial charge on any atom is -0.481 e. The van der Waals surface area contributed by atoms with E-state index in [-0.39, 0.29) is 18.4 Å². The van der Waals surface area contributed by atoms with Crippen molar-refractivity contribution in [2.45, 2.75) is 38.6 Å². The predicted octanol–water partition coefficient (Wildman–Crippen LogP) is 1.90. The van der Waals surface area contributed by atoms with Gasteiger partial charge in [-0.05, 0) is 25.2 Å². The lowest BCUT2D eigenvalue weighted by atomic mass is 9.94. The number of rotatable bonds is 5. The lowest BCUT2D eigenvalue weighted by Gasteiger charge is -2.20. The molecule has 4 nitrogen and oxygen atoms in total. The molecule has 1 aliphatic rings. The van der Waals surface area contributed by atoms with Crippen molar-refractivity contribution in [2.75, 3.05) is 6.54 Å². The minimum atomic E-state index is -0.778. The van der Waals surface area contributed by atoms with Crippen molar-refractivity contribution in [3.63, 3.8) is 0 Å². The van der Waals surface area contributed by atoms with Crippen LogP contribution in [0.1, 0.15) is 32.6 Å². The smallest absolute Gasteiger partial charge is 0.303 e. The second kappa shape index (κ2) is 5.88. The fourth-order valence-electron chi connectivity index (χ4n) is 2.08. The molecule has 0 aromatic carbocycles. The largest absolute Gasteiger partial charge is 0.481 e. The molecular weight excluding hydrogens is 194 g/mol. The first-order valence-corrected chi connectivity index (χ1v) is 5.47. The number of carbonyl (C=O) groups is 1. The van der Waals surface area contributed by atoms with Gasteiger partial charge in [0, 0.05) is 19.0 Å². The third-order valence-corrected chi connectivity index (χ3v) is 2.87. The van der Waals surface area contributed by atoms with Crippen LogP contribution in [0.5, 0.6) is 0 Å². The van der Waals surface area contributed by atoms with Crippen molar-refractivity contribution in [3.05, 3.63) is 12.2 Å². The lowest BCUT2D eigenvalue weighted by Crippen LogP contribution is -2.30. The summed E-state index contributed by atoms with van der Waals surface area (Å²) in [5, 5.41) is 19.6. The molecule has 1 rings (SSSR count). The Kier molecular flexibility index (Phi) is 4.78. The molecule has 0 aromatic heterocycles. The number of carboxylic acid groups (broad SMARTS) is 1. The Balaban J connectivity index is 2.48. The van der Waals surface area contributed by atoms with Crippen LogP contribution in [0, 0.1) is 5.92 Å². The van der Waals surface area contributed by atoms with Crippen LogP contribution in [-0.4, -0.2) is 33.9 Å². The molecule has 0 radical (unpaired) electrons. The van der Waals surface area contributed by atoms with Crippen LogP contribution < -0.4 is 0 Å². The fraction of sp³-hybridized carbons (Fsp3) is 0.727. The molecule has 2 N–H and O–H groups in total. The van der Waals surface area contributed by atoms with E-state index in [0.717, 1.165) is 19.3 Å². The van der Waals surface area contributed by atoms with E-state index in [9.17, 15) is 10.0 Å². The Morgan fingerprint density at radius 2 is 2.27 bits per heavy atom. The van der Waals surface area contributed by atoms with Gasteiger partial charge in [0.15, 0.2) is 0 Å². The molecule has 86 valence electrons. The van der Waals surface area contributed by atoms with Gasteiger partial charge in [0.05, 0.1) is 0 Å². The van der Waals surface area contributed by atoms with Crippen LogP contribution >= 0.6 is 0 Å². The van der Waals surface area contributed by atoms with E-state index in [1.165, 1.54) is 5.06 Å². The summed E-state index contributed by atoms with van der Waals surface area (Å²) in [7, 11) is 0. The van der Waals surface area contributed by atoms with Crippen LogP contribution in [-0.2, 0) is 4.79 Å². The van der Waals surface area contributed by atoms with Crippen LogP contribution in [0.3, 0.4) is 0 Å². The van der Waals surface area contributed by atoms with E-state index in [2.05, 4.69) is 6.92 Å². The van der Waals surface area contributed by atoms with Gasteiger partial charge in [-0.15, -0.1) is 0 Å². The molecule has 0 bridgehead atoms. The molecule has 2 atom stereocenters. The van der Waals surface area contributed by atoms with Crippen LogP contribution in [0.4, 0.5) is 0 Å². The topological polar surface area (TPSA) is 60.8 Å². The molecule has 0 unspecified atom stereocenters. The summed E-state index contributed by atoms with van der Waals surface area (Å²) in [6.07, 6.45) is 6.71. The molecule has 15 heavy (non-hydrogen) atoms. The van der Waals surface area contributed by atoms with Crippen molar-refractivity contribution in [3.8, 4) is 0 Å². The summed E-state index contributed by atoms with van der Waals surface area (Å²) in [5.74, 6) is -0.700. The van der Waals surface area contributed by atoms with Crippen LogP contribution in [0.25, 0.3) is 0 Å². The summed E-state index contributed by atoms with van der Waals surface area (Å²) in [5.41, 5.74) is 0. The molecule has 0 saturated carbocycles. The first-order chi connectivity index (χ1) is 7.15. The van der Waals surface area contributed by atoms with Crippen molar-refractivity contribution < 1.29 is 15.1 Å². The maximum absolute atomic E-state index is 10.6. The van der Waals surface area contributed by atoms with E-state index in [1.807, 2.05) is 12.2 Å². The molecule has 1 heterocycles. The monoisotopic (exact) mass is 213 g/mol. The standard InChI is InChI=1S/C11H19NO3/c1-2-3-4-5-10-9(8-11(13)14)6-7-12(10)15/h3-4,9-10,15H,2,5-8H2,1H3,(H,13,14)/b4-3-/t9-,10-/m1/s1. The molecule has 1 saturated heterocycles. The van der Waals surface area contributed by atoms with Crippen molar-refractivity contribution in [1.29, 1.82) is 0 Å².